The Morgan fingerprint density at radius 1 is 1.07 bits per heavy atom. The average Bonchev–Trinajstić information content (AvgIpc) is 2.96. The highest BCUT2D eigenvalue weighted by Gasteiger charge is 2.32. The Hall–Kier alpha value is -1.79. The summed E-state index contributed by atoms with van der Waals surface area (Å²) in [6, 6.07) is 10.5. The molecule has 0 bridgehead atoms. The molecule has 1 N–H and O–H groups in total. The minimum Gasteiger partial charge on any atom is -0.353 e. The van der Waals surface area contributed by atoms with Crippen LogP contribution in [0.2, 0.25) is 20.1 Å². The van der Waals surface area contributed by atoms with Gasteiger partial charge in [0, 0.05) is 57.0 Å². The number of carbonyl (C=O) groups is 1. The summed E-state index contributed by atoms with van der Waals surface area (Å²) in [5, 5.41) is 15.3. The van der Waals surface area contributed by atoms with Crippen molar-refractivity contribution in [2.75, 3.05) is 0 Å². The van der Waals surface area contributed by atoms with Crippen LogP contribution < -0.4 is 5.32 Å². The second-order valence-corrected chi connectivity index (χ2v) is 8.11. The number of hydrogen-bond donors (Lipinski definition) is 1. The minimum atomic E-state index is -0.486. The lowest BCUT2D eigenvalue weighted by atomic mass is 9.93. The molecule has 5 nitrogen and oxygen atoms in total. The second kappa shape index (κ2) is 10.3. The Labute approximate surface area is 188 Å². The zero-order valence-electron chi connectivity index (χ0n) is 15.6. The predicted molar refractivity (Wildman–Crippen MR) is 119 cm³/mol. The number of benzene rings is 2. The summed E-state index contributed by atoms with van der Waals surface area (Å²) in [5.74, 6) is 0.141. The Balaban J connectivity index is 0.000000208. The van der Waals surface area contributed by atoms with Crippen molar-refractivity contribution >= 4 is 58.4 Å². The third kappa shape index (κ3) is 6.09. The van der Waals surface area contributed by atoms with Crippen molar-refractivity contribution in [1.29, 1.82) is 0 Å². The largest absolute Gasteiger partial charge is 0.353 e. The van der Waals surface area contributed by atoms with E-state index in [1.54, 1.807) is 30.3 Å². The van der Waals surface area contributed by atoms with E-state index in [4.69, 9.17) is 46.4 Å². The van der Waals surface area contributed by atoms with Crippen molar-refractivity contribution < 1.29 is 9.72 Å². The number of hydrogen-bond acceptors (Lipinski definition) is 3. The molecule has 9 heteroatoms. The number of nitro groups is 1. The Bertz CT molecular complexity index is 922. The van der Waals surface area contributed by atoms with E-state index in [2.05, 4.69) is 5.32 Å². The van der Waals surface area contributed by atoms with Gasteiger partial charge in [0.05, 0.1) is 4.92 Å². The molecule has 2 unspecified atom stereocenters. The van der Waals surface area contributed by atoms with Crippen LogP contribution in [0.4, 0.5) is 0 Å². The van der Waals surface area contributed by atoms with Gasteiger partial charge in [-0.25, -0.2) is 0 Å². The Kier molecular flexibility index (Phi) is 8.34. The number of nitrogens with zero attached hydrogens (tertiary/aromatic N) is 1. The van der Waals surface area contributed by atoms with Gasteiger partial charge in [-0.2, -0.15) is 0 Å². The zero-order valence-corrected chi connectivity index (χ0v) is 18.6. The van der Waals surface area contributed by atoms with Crippen molar-refractivity contribution in [2.24, 2.45) is 0 Å². The molecule has 1 fully saturated rings. The van der Waals surface area contributed by atoms with Gasteiger partial charge in [0.2, 0.25) is 11.6 Å². The van der Waals surface area contributed by atoms with Crippen LogP contribution in [0, 0.1) is 10.1 Å². The molecule has 0 radical (unpaired) electrons. The normalized spacial score (nSPS) is 18.7. The maximum absolute atomic E-state index is 11.3. The SMILES string of the molecule is CC(=Cc1c(Cl)cccc1Cl)[N+](=O)[O-].CC1NC(=O)CC1c1c(Cl)cccc1Cl. The quantitative estimate of drug-likeness (QED) is 0.400. The van der Waals surface area contributed by atoms with Gasteiger partial charge in [0.15, 0.2) is 0 Å². The number of halogens is 4. The number of nitrogens with one attached hydrogen (secondary N) is 1. The Morgan fingerprint density at radius 2 is 1.55 bits per heavy atom. The fourth-order valence-corrected chi connectivity index (χ4v) is 4.10. The van der Waals surface area contributed by atoms with Crippen LogP contribution in [0.25, 0.3) is 6.08 Å². The van der Waals surface area contributed by atoms with Crippen LogP contribution in [0.15, 0.2) is 42.1 Å². The third-order valence-corrected chi connectivity index (χ3v) is 5.73. The van der Waals surface area contributed by atoms with Gasteiger partial charge in [-0.05, 0) is 36.8 Å². The van der Waals surface area contributed by atoms with Crippen LogP contribution in [0.1, 0.15) is 37.3 Å². The second-order valence-electron chi connectivity index (χ2n) is 6.48. The molecule has 1 heterocycles. The highest BCUT2D eigenvalue weighted by Crippen LogP contribution is 2.37. The summed E-state index contributed by atoms with van der Waals surface area (Å²) in [6.07, 6.45) is 1.81. The molecule has 1 amide bonds. The number of rotatable bonds is 3. The molecule has 1 saturated heterocycles. The average molecular weight is 476 g/mol. The van der Waals surface area contributed by atoms with E-state index in [1.165, 1.54) is 13.0 Å². The first kappa shape index (κ1) is 23.5. The topological polar surface area (TPSA) is 72.2 Å². The molecule has 2 atom stereocenters. The molecule has 29 heavy (non-hydrogen) atoms. The smallest absolute Gasteiger partial charge is 0.243 e. The van der Waals surface area contributed by atoms with Crippen molar-refractivity contribution in [3.05, 3.63) is 83.4 Å². The van der Waals surface area contributed by atoms with Gasteiger partial charge in [-0.1, -0.05) is 58.5 Å². The zero-order chi connectivity index (χ0) is 21.7. The Morgan fingerprint density at radius 3 is 1.97 bits per heavy atom. The standard InChI is InChI=1S/C11H11Cl2NO.C9H7Cl2NO2/c1-6-7(5-10(15)14-6)11-8(12)3-2-4-9(11)13;1-6(12(13)14)5-7-8(10)3-2-4-9(7)11/h2-4,6-7H,5H2,1H3,(H,14,15);2-5H,1H3. The van der Waals surface area contributed by atoms with Crippen LogP contribution in [-0.4, -0.2) is 16.9 Å². The first-order chi connectivity index (χ1) is 13.6. The highest BCUT2D eigenvalue weighted by molar-refractivity contribution is 6.37. The molecule has 0 aromatic heterocycles. The summed E-state index contributed by atoms with van der Waals surface area (Å²) >= 11 is 23.9. The molecule has 154 valence electrons. The summed E-state index contributed by atoms with van der Waals surface area (Å²) in [5.41, 5.74) is 1.36. The number of carbonyl (C=O) groups excluding carboxylic acids is 1. The molecule has 2 aromatic rings. The number of allylic oxidation sites excluding steroid dienone is 1. The lowest BCUT2D eigenvalue weighted by Crippen LogP contribution is -2.24. The van der Waals surface area contributed by atoms with Crippen molar-refractivity contribution in [2.45, 2.75) is 32.2 Å². The fraction of sp³-hybridized carbons (Fsp3) is 0.250. The maximum Gasteiger partial charge on any atom is 0.243 e. The summed E-state index contributed by atoms with van der Waals surface area (Å²) in [7, 11) is 0. The van der Waals surface area contributed by atoms with E-state index in [0.717, 1.165) is 5.56 Å². The molecule has 1 aliphatic heterocycles. The van der Waals surface area contributed by atoms with E-state index in [0.29, 0.717) is 32.1 Å². The van der Waals surface area contributed by atoms with Crippen LogP contribution in [0.3, 0.4) is 0 Å². The van der Waals surface area contributed by atoms with E-state index < -0.39 is 4.92 Å². The fourth-order valence-electron chi connectivity index (χ4n) is 2.92. The molecular formula is C20H18Cl4N2O3. The minimum absolute atomic E-state index is 0.000000000000000222. The van der Waals surface area contributed by atoms with Crippen molar-refractivity contribution in [3.63, 3.8) is 0 Å². The molecule has 2 aromatic carbocycles. The van der Waals surface area contributed by atoms with Crippen LogP contribution in [-0.2, 0) is 4.79 Å². The van der Waals surface area contributed by atoms with Gasteiger partial charge < -0.3 is 5.32 Å². The molecule has 3 rings (SSSR count). The van der Waals surface area contributed by atoms with E-state index in [1.807, 2.05) is 13.0 Å². The molecule has 0 spiro atoms. The van der Waals surface area contributed by atoms with Gasteiger partial charge >= 0.3 is 0 Å². The highest BCUT2D eigenvalue weighted by atomic mass is 35.5. The van der Waals surface area contributed by atoms with Crippen molar-refractivity contribution in [3.8, 4) is 0 Å². The summed E-state index contributed by atoms with van der Waals surface area (Å²) < 4.78 is 0. The van der Waals surface area contributed by atoms with Crippen LogP contribution >= 0.6 is 46.4 Å². The van der Waals surface area contributed by atoms with Gasteiger partial charge in [-0.15, -0.1) is 0 Å². The van der Waals surface area contributed by atoms with E-state index >= 15 is 0 Å². The monoisotopic (exact) mass is 474 g/mol. The lowest BCUT2D eigenvalue weighted by Gasteiger charge is -2.17. The summed E-state index contributed by atoms with van der Waals surface area (Å²) in [4.78, 5) is 21.2. The van der Waals surface area contributed by atoms with Gasteiger partial charge in [0.1, 0.15) is 0 Å². The first-order valence-corrected chi connectivity index (χ1v) is 10.1. The molecule has 0 saturated carbocycles. The number of amides is 1. The first-order valence-electron chi connectivity index (χ1n) is 8.61. The molecule has 1 aliphatic rings. The van der Waals surface area contributed by atoms with Crippen LogP contribution in [0.5, 0.6) is 0 Å². The van der Waals surface area contributed by atoms with E-state index in [9.17, 15) is 14.9 Å². The van der Waals surface area contributed by atoms with Gasteiger partial charge in [0.25, 0.3) is 0 Å². The third-order valence-electron chi connectivity index (χ3n) is 4.41. The maximum atomic E-state index is 11.3. The van der Waals surface area contributed by atoms with Gasteiger partial charge in [-0.3, -0.25) is 14.9 Å². The van der Waals surface area contributed by atoms with Crippen molar-refractivity contribution in [1.82, 2.24) is 5.32 Å². The van der Waals surface area contributed by atoms with E-state index in [-0.39, 0.29) is 23.6 Å². The predicted octanol–water partition coefficient (Wildman–Crippen LogP) is 6.62. The summed E-state index contributed by atoms with van der Waals surface area (Å²) in [6.45, 7) is 3.36. The molecule has 0 aliphatic carbocycles. The molecular weight excluding hydrogens is 458 g/mol. The lowest BCUT2D eigenvalue weighted by molar-refractivity contribution is -0.422.